The molecule has 0 spiro atoms. The largest absolute Gasteiger partial charge is 0.451 e. The zero-order chi connectivity index (χ0) is 16.7. The van der Waals surface area contributed by atoms with E-state index < -0.39 is 18.1 Å². The van der Waals surface area contributed by atoms with Gasteiger partial charge in [-0.05, 0) is 29.8 Å². The summed E-state index contributed by atoms with van der Waals surface area (Å²) in [6, 6.07) is 8.73. The number of hydrogen-bond donors (Lipinski definition) is 1. The maximum absolute atomic E-state index is 12.4. The van der Waals surface area contributed by atoms with E-state index in [1.807, 2.05) is 30.3 Å². The molecule has 2 atom stereocenters. The average molecular weight is 317 g/mol. The second kappa shape index (κ2) is 8.02. The number of carbonyl (C=O) groups is 2. The summed E-state index contributed by atoms with van der Waals surface area (Å²) < 4.78 is 6.59. The van der Waals surface area contributed by atoms with Crippen LogP contribution in [0.2, 0.25) is 0 Å². The zero-order valence-electron chi connectivity index (χ0n) is 13.0. The van der Waals surface area contributed by atoms with Gasteiger partial charge in [-0.15, -0.1) is 5.10 Å². The van der Waals surface area contributed by atoms with Gasteiger partial charge in [0.05, 0.1) is 0 Å². The molecule has 0 fully saturated rings. The Bertz CT molecular complexity index is 630. The van der Waals surface area contributed by atoms with Crippen molar-refractivity contribution in [1.82, 2.24) is 25.5 Å². The first-order valence-corrected chi connectivity index (χ1v) is 7.36. The molecule has 0 radical (unpaired) electrons. The normalized spacial score (nSPS) is 13.1. The molecule has 122 valence electrons. The van der Waals surface area contributed by atoms with Gasteiger partial charge in [-0.25, -0.2) is 9.48 Å². The summed E-state index contributed by atoms with van der Waals surface area (Å²) in [6.45, 7) is 3.80. The molecule has 0 saturated heterocycles. The number of nitrogens with one attached hydrogen (secondary N) is 1. The average Bonchev–Trinajstić information content (AvgIpc) is 3.07. The number of likely N-dealkylation sites (N-methyl/N-ethyl adjacent to an activating group) is 1. The lowest BCUT2D eigenvalue weighted by Gasteiger charge is -2.18. The third kappa shape index (κ3) is 4.60. The number of nitrogens with zero attached hydrogens (tertiary/aromatic N) is 4. The van der Waals surface area contributed by atoms with Gasteiger partial charge in [0.25, 0.3) is 5.91 Å². The molecule has 23 heavy (non-hydrogen) atoms. The van der Waals surface area contributed by atoms with E-state index in [-0.39, 0.29) is 5.91 Å². The molecule has 0 aliphatic heterocycles. The predicted octanol–water partition coefficient (Wildman–Crippen LogP) is 0.525. The smallest absolute Gasteiger partial charge is 0.332 e. The molecule has 0 saturated carbocycles. The van der Waals surface area contributed by atoms with Crippen molar-refractivity contribution in [3.8, 4) is 0 Å². The molecule has 1 N–H and O–H groups in total. The van der Waals surface area contributed by atoms with Crippen molar-refractivity contribution >= 4 is 11.9 Å². The van der Waals surface area contributed by atoms with Gasteiger partial charge >= 0.3 is 5.97 Å². The standard InChI is InChI=1S/C15H19N5O3/c1-3-16-14(21)11(2)23-15(22)13(20-10-17-18-19-20)9-12-7-5-4-6-8-12/h4-8,10-11,13H,3,9H2,1-2H3,(H,16,21)/t11-,13-/m1/s1. The van der Waals surface area contributed by atoms with E-state index in [4.69, 9.17) is 4.74 Å². The molecule has 0 unspecified atom stereocenters. The minimum Gasteiger partial charge on any atom is -0.451 e. The number of hydrogen-bond acceptors (Lipinski definition) is 6. The van der Waals surface area contributed by atoms with Crippen molar-refractivity contribution in [2.75, 3.05) is 6.54 Å². The molecule has 1 heterocycles. The van der Waals surface area contributed by atoms with E-state index >= 15 is 0 Å². The highest BCUT2D eigenvalue weighted by Crippen LogP contribution is 2.15. The Labute approximate surface area is 133 Å². The Kier molecular flexibility index (Phi) is 5.79. The Morgan fingerprint density at radius 1 is 1.30 bits per heavy atom. The molecule has 0 aliphatic rings. The fraction of sp³-hybridized carbons (Fsp3) is 0.400. The monoisotopic (exact) mass is 317 g/mol. The lowest BCUT2D eigenvalue weighted by molar-refractivity contribution is -0.158. The molecule has 2 aromatic rings. The first-order chi connectivity index (χ1) is 11.1. The summed E-state index contributed by atoms with van der Waals surface area (Å²) in [6.07, 6.45) is 0.843. The van der Waals surface area contributed by atoms with Crippen molar-refractivity contribution in [1.29, 1.82) is 0 Å². The lowest BCUT2D eigenvalue weighted by atomic mass is 10.1. The lowest BCUT2D eigenvalue weighted by Crippen LogP contribution is -2.37. The first kappa shape index (κ1) is 16.6. The van der Waals surface area contributed by atoms with Crippen molar-refractivity contribution in [3.63, 3.8) is 0 Å². The minimum absolute atomic E-state index is 0.337. The van der Waals surface area contributed by atoms with Crippen LogP contribution in [0.25, 0.3) is 0 Å². The highest BCUT2D eigenvalue weighted by molar-refractivity contribution is 5.84. The second-order valence-electron chi connectivity index (χ2n) is 4.97. The molecule has 8 nitrogen and oxygen atoms in total. The van der Waals surface area contributed by atoms with E-state index in [1.165, 1.54) is 17.9 Å². The summed E-state index contributed by atoms with van der Waals surface area (Å²) in [5, 5.41) is 13.5. The first-order valence-electron chi connectivity index (χ1n) is 7.36. The number of rotatable bonds is 7. The van der Waals surface area contributed by atoms with Crippen LogP contribution in [-0.2, 0) is 20.7 Å². The number of aromatic nitrogens is 4. The Morgan fingerprint density at radius 3 is 2.65 bits per heavy atom. The predicted molar refractivity (Wildman–Crippen MR) is 81.2 cm³/mol. The zero-order valence-corrected chi connectivity index (χ0v) is 13.0. The number of esters is 1. The van der Waals surface area contributed by atoms with Gasteiger partial charge in [0.2, 0.25) is 0 Å². The Balaban J connectivity index is 2.11. The van der Waals surface area contributed by atoms with Gasteiger partial charge in [-0.1, -0.05) is 30.3 Å². The maximum Gasteiger partial charge on any atom is 0.332 e. The van der Waals surface area contributed by atoms with Gasteiger partial charge < -0.3 is 10.1 Å². The van der Waals surface area contributed by atoms with Crippen molar-refractivity contribution < 1.29 is 14.3 Å². The second-order valence-corrected chi connectivity index (χ2v) is 4.97. The topological polar surface area (TPSA) is 99.0 Å². The van der Waals surface area contributed by atoms with Crippen LogP contribution in [0.1, 0.15) is 25.5 Å². The highest BCUT2D eigenvalue weighted by Gasteiger charge is 2.27. The van der Waals surface area contributed by atoms with E-state index in [0.29, 0.717) is 13.0 Å². The van der Waals surface area contributed by atoms with Gasteiger partial charge in [0.15, 0.2) is 12.1 Å². The summed E-state index contributed by atoms with van der Waals surface area (Å²) in [5.41, 5.74) is 0.940. The fourth-order valence-corrected chi connectivity index (χ4v) is 2.06. The number of benzene rings is 1. The van der Waals surface area contributed by atoms with Crippen molar-refractivity contribution in [2.24, 2.45) is 0 Å². The van der Waals surface area contributed by atoms with Crippen LogP contribution in [0.3, 0.4) is 0 Å². The van der Waals surface area contributed by atoms with Crippen LogP contribution < -0.4 is 5.32 Å². The number of tetrazole rings is 1. The molecule has 8 heteroatoms. The quantitative estimate of drug-likeness (QED) is 0.748. The number of carbonyl (C=O) groups excluding carboxylic acids is 2. The molecular weight excluding hydrogens is 298 g/mol. The Hall–Kier alpha value is -2.77. The highest BCUT2D eigenvalue weighted by atomic mass is 16.5. The van der Waals surface area contributed by atoms with Gasteiger partial charge in [-0.2, -0.15) is 0 Å². The number of ether oxygens (including phenoxy) is 1. The SMILES string of the molecule is CCNC(=O)[C@@H](C)OC(=O)[C@@H](Cc1ccccc1)n1cnnn1. The minimum atomic E-state index is -0.878. The van der Waals surface area contributed by atoms with Crippen LogP contribution >= 0.6 is 0 Å². The van der Waals surface area contributed by atoms with Gasteiger partial charge in [0, 0.05) is 13.0 Å². The molecule has 1 amide bonds. The molecule has 2 rings (SSSR count). The molecule has 0 aliphatic carbocycles. The van der Waals surface area contributed by atoms with Crippen LogP contribution in [0, 0.1) is 0 Å². The summed E-state index contributed by atoms with van der Waals surface area (Å²) in [5.74, 6) is -0.893. The van der Waals surface area contributed by atoms with Gasteiger partial charge in [0.1, 0.15) is 6.33 Å². The van der Waals surface area contributed by atoms with Crippen LogP contribution in [0.4, 0.5) is 0 Å². The molecule has 1 aromatic heterocycles. The maximum atomic E-state index is 12.4. The molecule has 0 bridgehead atoms. The van der Waals surface area contributed by atoms with E-state index in [9.17, 15) is 9.59 Å². The van der Waals surface area contributed by atoms with Crippen LogP contribution in [-0.4, -0.2) is 44.7 Å². The van der Waals surface area contributed by atoms with Gasteiger partial charge in [-0.3, -0.25) is 4.79 Å². The summed E-state index contributed by atoms with van der Waals surface area (Å²) >= 11 is 0. The Morgan fingerprint density at radius 2 is 2.04 bits per heavy atom. The van der Waals surface area contributed by atoms with E-state index in [1.54, 1.807) is 6.92 Å². The summed E-state index contributed by atoms with van der Waals surface area (Å²) in [4.78, 5) is 24.2. The van der Waals surface area contributed by atoms with Crippen molar-refractivity contribution in [2.45, 2.75) is 32.4 Å². The molecule has 1 aromatic carbocycles. The fourth-order valence-electron chi connectivity index (χ4n) is 2.06. The molecular formula is C15H19N5O3. The van der Waals surface area contributed by atoms with E-state index in [2.05, 4.69) is 20.8 Å². The third-order valence-electron chi connectivity index (χ3n) is 3.24. The van der Waals surface area contributed by atoms with Crippen molar-refractivity contribution in [3.05, 3.63) is 42.2 Å². The van der Waals surface area contributed by atoms with E-state index in [0.717, 1.165) is 5.56 Å². The van der Waals surface area contributed by atoms with Crippen LogP contribution in [0.5, 0.6) is 0 Å². The third-order valence-corrected chi connectivity index (χ3v) is 3.24. The van der Waals surface area contributed by atoms with Crippen LogP contribution in [0.15, 0.2) is 36.7 Å². The summed E-state index contributed by atoms with van der Waals surface area (Å²) in [7, 11) is 0. The number of amides is 1.